The maximum atomic E-state index is 4.71. The van der Waals surface area contributed by atoms with Crippen LogP contribution in [0.3, 0.4) is 0 Å². The molecular formula is C7H15N3S4Zn. The summed E-state index contributed by atoms with van der Waals surface area (Å²) in [5.41, 5.74) is 13.4. The molecule has 0 aromatic rings. The number of nitrogens with zero attached hydrogens (tertiary/aromatic N) is 1. The summed E-state index contributed by atoms with van der Waals surface area (Å²) in [4.78, 5) is 1.69. The molecule has 0 radical (unpaired) electrons. The van der Waals surface area contributed by atoms with Gasteiger partial charge in [0.1, 0.15) is 4.32 Å². The number of hydrogen-bond donors (Lipinski definition) is 3. The monoisotopic (exact) mass is 333 g/mol. The topological polar surface area (TPSA) is 55.3 Å². The first kappa shape index (κ1) is 29.5. The van der Waals surface area contributed by atoms with Crippen LogP contribution >= 0.6 is 49.3 Å². The van der Waals surface area contributed by atoms with E-state index < -0.39 is 0 Å². The summed E-state index contributed by atoms with van der Waals surface area (Å²) in [7, 11) is 3.68. The van der Waals surface area contributed by atoms with E-state index in [2.05, 4.69) is 73.7 Å². The van der Waals surface area contributed by atoms with Gasteiger partial charge in [-0.3, -0.25) is 0 Å². The first-order chi connectivity index (χ1) is 6.42. The third kappa shape index (κ3) is 388. The molecule has 84 valence electrons. The van der Waals surface area contributed by atoms with Crippen LogP contribution in [0.25, 0.3) is 0 Å². The zero-order chi connectivity index (χ0) is 12.6. The maximum Gasteiger partial charge on any atom is 2.00 e. The van der Waals surface area contributed by atoms with E-state index in [9.17, 15) is 0 Å². The summed E-state index contributed by atoms with van der Waals surface area (Å²) >= 11 is 15.9. The second-order valence-corrected chi connectivity index (χ2v) is 3.08. The molecule has 3 nitrogen and oxygen atoms in total. The van der Waals surface area contributed by atoms with Gasteiger partial charge in [0.05, 0.1) is 0 Å². The number of nitrogens with two attached hydrogens (primary N) is 2. The molecule has 0 saturated carbocycles. The van der Waals surface area contributed by atoms with Gasteiger partial charge in [-0.25, -0.2) is 0 Å². The Morgan fingerprint density at radius 1 is 1.33 bits per heavy atom. The fourth-order valence-corrected chi connectivity index (χ4v) is 0. The largest absolute Gasteiger partial charge is 2.00 e. The van der Waals surface area contributed by atoms with Crippen molar-refractivity contribution in [2.24, 2.45) is 11.5 Å². The van der Waals surface area contributed by atoms with Crippen molar-refractivity contribution in [2.45, 2.75) is 0 Å². The quantitative estimate of drug-likeness (QED) is 0.167. The first-order valence-electron chi connectivity index (χ1n) is 3.03. The minimum Gasteiger partial charge on any atom is -0.570 e. The molecule has 0 aliphatic heterocycles. The van der Waals surface area contributed by atoms with Crippen LogP contribution in [0.15, 0.2) is 13.2 Å². The molecule has 0 aliphatic rings. The van der Waals surface area contributed by atoms with Crippen molar-refractivity contribution in [1.29, 1.82) is 0 Å². The van der Waals surface area contributed by atoms with Crippen molar-refractivity contribution in [2.75, 3.05) is 14.1 Å². The molecule has 0 amide bonds. The summed E-state index contributed by atoms with van der Waals surface area (Å²) in [6, 6.07) is 0. The van der Waals surface area contributed by atoms with Gasteiger partial charge in [0.25, 0.3) is 0 Å². The van der Waals surface area contributed by atoms with Gasteiger partial charge in [-0.05, 0) is 14.1 Å². The van der Waals surface area contributed by atoms with Crippen molar-refractivity contribution < 1.29 is 19.5 Å². The molecule has 0 aromatic heterocycles. The van der Waals surface area contributed by atoms with Crippen molar-refractivity contribution >= 4 is 64.6 Å². The third-order valence-corrected chi connectivity index (χ3v) is 0.548. The average Bonchev–Trinajstić information content (AvgIpc) is 2.08. The summed E-state index contributed by atoms with van der Waals surface area (Å²) < 4.78 is 0.194. The second-order valence-electron chi connectivity index (χ2n) is 1.44. The molecule has 0 unspecified atom stereocenters. The summed E-state index contributed by atoms with van der Waals surface area (Å²) in [5.74, 6) is 0. The van der Waals surface area contributed by atoms with E-state index in [1.807, 2.05) is 19.6 Å². The van der Waals surface area contributed by atoms with Crippen LogP contribution in [-0.2, 0) is 19.5 Å². The molecule has 0 saturated heterocycles. The number of rotatable bonds is 1. The van der Waals surface area contributed by atoms with Crippen LogP contribution in [0, 0.1) is 0 Å². The van der Waals surface area contributed by atoms with E-state index in [1.54, 1.807) is 4.90 Å². The Balaban J connectivity index is -0.0000000305. The van der Waals surface area contributed by atoms with Crippen LogP contribution in [0.1, 0.15) is 0 Å². The van der Waals surface area contributed by atoms with E-state index in [-0.39, 0.29) is 23.8 Å². The number of thiocarbonyl (C=S) groups is 3. The fourth-order valence-electron chi connectivity index (χ4n) is 0. The molecule has 0 fully saturated rings. The number of hydrogen-bond acceptors (Lipinski definition) is 3. The summed E-state index contributed by atoms with van der Waals surface area (Å²) in [6.45, 7) is 6.00. The maximum absolute atomic E-state index is 4.71. The summed E-state index contributed by atoms with van der Waals surface area (Å²) in [6.07, 6.45) is 0. The van der Waals surface area contributed by atoms with E-state index in [1.165, 1.54) is 0 Å². The molecule has 15 heavy (non-hydrogen) atoms. The normalized spacial score (nSPS) is 5.00. The van der Waals surface area contributed by atoms with Gasteiger partial charge in [-0.15, -0.1) is 25.8 Å². The Bertz CT molecular complexity index is 140. The van der Waals surface area contributed by atoms with Gasteiger partial charge in [0.2, 0.25) is 0 Å². The van der Waals surface area contributed by atoms with Crippen LogP contribution in [0.2, 0.25) is 0 Å². The Hall–Kier alpha value is 0.383. The zero-order valence-corrected chi connectivity index (χ0v) is 15.2. The zero-order valence-electron chi connectivity index (χ0n) is 8.90. The Morgan fingerprint density at radius 3 is 1.40 bits per heavy atom. The molecule has 0 aromatic carbocycles. The van der Waals surface area contributed by atoms with Crippen LogP contribution in [0.5, 0.6) is 0 Å². The SMILES string of the molecule is C=C.CN(C)[C-]=S.NC(=S)S.N[C-]=S.[Zn+2]. The van der Waals surface area contributed by atoms with E-state index >= 15 is 0 Å². The second kappa shape index (κ2) is 36.7. The van der Waals surface area contributed by atoms with Crippen molar-refractivity contribution in [3.8, 4) is 0 Å². The minimum absolute atomic E-state index is 0. The molecule has 0 heterocycles. The third-order valence-electron chi connectivity index (χ3n) is 0.183. The van der Waals surface area contributed by atoms with E-state index in [4.69, 9.17) is 5.73 Å². The van der Waals surface area contributed by atoms with Crippen molar-refractivity contribution in [1.82, 2.24) is 4.90 Å². The molecule has 4 N–H and O–H groups in total. The molecule has 0 bridgehead atoms. The fraction of sp³-hybridized carbons (Fsp3) is 0.286. The summed E-state index contributed by atoms with van der Waals surface area (Å²) in [5, 5.41) is 0. The number of thiol groups is 1. The van der Waals surface area contributed by atoms with Crippen molar-refractivity contribution in [3.05, 3.63) is 13.2 Å². The molecule has 8 heteroatoms. The van der Waals surface area contributed by atoms with Gasteiger partial charge >= 0.3 is 19.5 Å². The van der Waals surface area contributed by atoms with Gasteiger partial charge in [-0.2, -0.15) is 0 Å². The predicted octanol–water partition coefficient (Wildman–Crippen LogP) is 1.12. The van der Waals surface area contributed by atoms with Gasteiger partial charge in [-0.1, -0.05) is 12.2 Å². The van der Waals surface area contributed by atoms with Gasteiger partial charge in [0, 0.05) is 0 Å². The predicted molar refractivity (Wildman–Crippen MR) is 80.1 cm³/mol. The smallest absolute Gasteiger partial charge is 0.570 e. The molecule has 0 rings (SSSR count). The van der Waals surface area contributed by atoms with E-state index in [0.717, 1.165) is 0 Å². The first-order valence-corrected chi connectivity index (χ1v) is 4.70. The molecular weight excluding hydrogens is 320 g/mol. The Morgan fingerprint density at radius 2 is 1.40 bits per heavy atom. The average molecular weight is 335 g/mol. The van der Waals surface area contributed by atoms with Crippen LogP contribution in [-0.4, -0.2) is 34.3 Å². The molecule has 0 spiro atoms. The minimum atomic E-state index is 0. The van der Waals surface area contributed by atoms with Crippen molar-refractivity contribution in [3.63, 3.8) is 0 Å². The molecule has 0 aliphatic carbocycles. The Labute approximate surface area is 127 Å². The van der Waals surface area contributed by atoms with Crippen LogP contribution in [0.4, 0.5) is 0 Å². The standard InChI is InChI=1S/C3H6NS.C2H4.CH3NS2.CH2NS.Zn/c1-4(2)3-5;1-2;2-1(3)4;2-1-3;/h1-2H3;1-2H2;(H3,2,3,4);(H2,2,3);/q-1;;;-1;+2. The van der Waals surface area contributed by atoms with Crippen LogP contribution < -0.4 is 11.5 Å². The van der Waals surface area contributed by atoms with E-state index in [0.29, 0.717) is 0 Å². The van der Waals surface area contributed by atoms with Gasteiger partial charge < -0.3 is 51.8 Å². The molecule has 0 atom stereocenters. The van der Waals surface area contributed by atoms with Gasteiger partial charge in [0.15, 0.2) is 0 Å². The Kier molecular flexibility index (Phi) is 72.1.